The van der Waals surface area contributed by atoms with Crippen molar-refractivity contribution in [1.82, 2.24) is 9.13 Å². The van der Waals surface area contributed by atoms with Crippen molar-refractivity contribution in [3.63, 3.8) is 0 Å². The van der Waals surface area contributed by atoms with Gasteiger partial charge < -0.3 is 9.13 Å². The van der Waals surface area contributed by atoms with Crippen molar-refractivity contribution in [2.24, 2.45) is 5.92 Å². The molecule has 2 heterocycles. The fraction of sp³-hybridized carbons (Fsp3) is 0.0612. The Morgan fingerprint density at radius 3 is 1.65 bits per heavy atom. The van der Waals surface area contributed by atoms with E-state index in [1.807, 2.05) is 0 Å². The Bertz CT molecular complexity index is 2810. The van der Waals surface area contributed by atoms with Gasteiger partial charge in [-0.05, 0) is 94.3 Å². The van der Waals surface area contributed by atoms with Crippen LogP contribution >= 0.6 is 0 Å². The summed E-state index contributed by atoms with van der Waals surface area (Å²) in [6, 6.07) is 62.0. The van der Waals surface area contributed by atoms with E-state index in [1.54, 1.807) is 0 Å². The molecule has 0 radical (unpaired) electrons. The summed E-state index contributed by atoms with van der Waals surface area (Å²) in [5.74, 6) is 0.427. The van der Waals surface area contributed by atoms with E-state index in [-0.39, 0.29) is 0 Å². The van der Waals surface area contributed by atoms with Crippen LogP contribution in [0, 0.1) is 5.92 Å². The molecule has 10 rings (SSSR count). The van der Waals surface area contributed by atoms with Crippen LogP contribution in [0.2, 0.25) is 0 Å². The number of hydrogen-bond donors (Lipinski definition) is 0. The topological polar surface area (TPSA) is 9.86 Å². The van der Waals surface area contributed by atoms with Gasteiger partial charge >= 0.3 is 0 Å². The highest BCUT2D eigenvalue weighted by Crippen LogP contribution is 2.41. The molecular formula is C49H36N2. The Kier molecular flexibility index (Phi) is 6.89. The van der Waals surface area contributed by atoms with Crippen LogP contribution in [-0.2, 0) is 0 Å². The number of hydrogen-bond acceptors (Lipinski definition) is 0. The van der Waals surface area contributed by atoms with E-state index in [2.05, 4.69) is 198 Å². The maximum absolute atomic E-state index is 2.49. The first-order valence-electron chi connectivity index (χ1n) is 17.9. The molecule has 9 aromatic rings. The second kappa shape index (κ2) is 11.9. The molecule has 0 spiro atoms. The van der Waals surface area contributed by atoms with E-state index < -0.39 is 0 Å². The molecular weight excluding hydrogens is 617 g/mol. The van der Waals surface area contributed by atoms with Crippen molar-refractivity contribution >= 4 is 54.9 Å². The maximum Gasteiger partial charge on any atom is 0.0547 e. The van der Waals surface area contributed by atoms with Crippen molar-refractivity contribution in [2.75, 3.05) is 0 Å². The van der Waals surface area contributed by atoms with E-state index in [0.717, 1.165) is 12.1 Å². The molecule has 2 aromatic heterocycles. The van der Waals surface area contributed by atoms with Gasteiger partial charge in [-0.3, -0.25) is 0 Å². The molecule has 242 valence electrons. The first kappa shape index (κ1) is 29.5. The highest BCUT2D eigenvalue weighted by atomic mass is 15.0. The third-order valence-electron chi connectivity index (χ3n) is 10.8. The van der Waals surface area contributed by atoms with Crippen LogP contribution in [0.1, 0.15) is 18.9 Å². The first-order chi connectivity index (χ1) is 25.2. The second-order valence-corrected chi connectivity index (χ2v) is 13.8. The molecule has 0 amide bonds. The van der Waals surface area contributed by atoms with Gasteiger partial charge in [-0.2, -0.15) is 0 Å². The molecule has 0 N–H and O–H groups in total. The Morgan fingerprint density at radius 2 is 0.922 bits per heavy atom. The fourth-order valence-corrected chi connectivity index (χ4v) is 8.34. The van der Waals surface area contributed by atoms with Crippen LogP contribution in [0.5, 0.6) is 0 Å². The third-order valence-corrected chi connectivity index (χ3v) is 10.8. The maximum atomic E-state index is 2.49. The molecule has 1 aliphatic carbocycles. The van der Waals surface area contributed by atoms with Crippen molar-refractivity contribution in [2.45, 2.75) is 13.3 Å². The molecule has 2 heteroatoms. The summed E-state index contributed by atoms with van der Waals surface area (Å²) in [5.41, 5.74) is 15.1. The lowest BCUT2D eigenvalue weighted by Gasteiger charge is -2.24. The zero-order valence-corrected chi connectivity index (χ0v) is 28.5. The third kappa shape index (κ3) is 4.87. The number of nitrogens with zero attached hydrogens (tertiary/aromatic N) is 2. The van der Waals surface area contributed by atoms with Crippen LogP contribution in [0.25, 0.3) is 82.8 Å². The standard InChI is InChI=1S/C49H36N2/c1-33-30-40(26-28-41(33)36-14-6-3-7-15-36)51-47-19-11-9-17-43(47)45-31-37(23-29-48(45)51)38-22-27-44-42-16-8-10-18-46(42)50(49(44)32-38)39-24-20-35(21-25-39)34-12-4-2-5-13-34/h2-29,31-33H,30H2,1H3. The van der Waals surface area contributed by atoms with Crippen LogP contribution < -0.4 is 0 Å². The van der Waals surface area contributed by atoms with Crippen molar-refractivity contribution < 1.29 is 0 Å². The summed E-state index contributed by atoms with van der Waals surface area (Å²) in [6.07, 6.45) is 5.66. The lowest BCUT2D eigenvalue weighted by atomic mass is 9.86. The van der Waals surface area contributed by atoms with Gasteiger partial charge in [-0.1, -0.05) is 140 Å². The van der Waals surface area contributed by atoms with E-state index in [4.69, 9.17) is 0 Å². The Morgan fingerprint density at radius 1 is 0.392 bits per heavy atom. The van der Waals surface area contributed by atoms with Crippen molar-refractivity contribution in [3.8, 4) is 27.9 Å². The molecule has 0 fully saturated rings. The van der Waals surface area contributed by atoms with Gasteiger partial charge in [-0.25, -0.2) is 0 Å². The van der Waals surface area contributed by atoms with Crippen molar-refractivity contribution in [3.05, 3.63) is 188 Å². The minimum atomic E-state index is 0.427. The van der Waals surface area contributed by atoms with Crippen molar-refractivity contribution in [1.29, 1.82) is 0 Å². The summed E-state index contributed by atoms with van der Waals surface area (Å²) >= 11 is 0. The summed E-state index contributed by atoms with van der Waals surface area (Å²) in [5, 5.41) is 5.10. The minimum Gasteiger partial charge on any atom is -0.313 e. The van der Waals surface area contributed by atoms with Gasteiger partial charge in [-0.15, -0.1) is 0 Å². The molecule has 1 atom stereocenters. The molecule has 0 bridgehead atoms. The lowest BCUT2D eigenvalue weighted by Crippen LogP contribution is -2.08. The number of rotatable bonds is 5. The fourth-order valence-electron chi connectivity index (χ4n) is 8.34. The average molecular weight is 653 g/mol. The smallest absolute Gasteiger partial charge is 0.0547 e. The molecule has 2 nitrogen and oxygen atoms in total. The number of benzene rings is 7. The normalized spacial score (nSPS) is 14.7. The summed E-state index contributed by atoms with van der Waals surface area (Å²) in [6.45, 7) is 2.35. The quantitative estimate of drug-likeness (QED) is 0.175. The van der Waals surface area contributed by atoms with E-state index in [1.165, 1.54) is 82.7 Å². The number of fused-ring (bicyclic) bond motifs is 6. The van der Waals surface area contributed by atoms with Gasteiger partial charge in [0.15, 0.2) is 0 Å². The molecule has 0 aliphatic heterocycles. The molecule has 1 aliphatic rings. The van der Waals surface area contributed by atoms with Crippen LogP contribution in [0.3, 0.4) is 0 Å². The largest absolute Gasteiger partial charge is 0.313 e. The number of allylic oxidation sites excluding steroid dienone is 4. The molecule has 1 unspecified atom stereocenters. The summed E-state index contributed by atoms with van der Waals surface area (Å²) in [7, 11) is 0. The zero-order chi connectivity index (χ0) is 33.9. The number of aromatic nitrogens is 2. The summed E-state index contributed by atoms with van der Waals surface area (Å²) in [4.78, 5) is 0. The number of para-hydroxylation sites is 2. The highest BCUT2D eigenvalue weighted by Gasteiger charge is 2.21. The summed E-state index contributed by atoms with van der Waals surface area (Å²) < 4.78 is 4.91. The molecule has 7 aromatic carbocycles. The van der Waals surface area contributed by atoms with Crippen LogP contribution in [0.15, 0.2) is 182 Å². The molecule has 51 heavy (non-hydrogen) atoms. The highest BCUT2D eigenvalue weighted by molar-refractivity contribution is 6.13. The monoisotopic (exact) mass is 652 g/mol. The van der Waals surface area contributed by atoms with Gasteiger partial charge in [0.1, 0.15) is 0 Å². The zero-order valence-electron chi connectivity index (χ0n) is 28.5. The van der Waals surface area contributed by atoms with Gasteiger partial charge in [0.2, 0.25) is 0 Å². The van der Waals surface area contributed by atoms with Gasteiger partial charge in [0, 0.05) is 32.9 Å². The average Bonchev–Trinajstić information content (AvgIpc) is 3.71. The van der Waals surface area contributed by atoms with E-state index in [0.29, 0.717) is 5.92 Å². The van der Waals surface area contributed by atoms with Crippen LogP contribution in [-0.4, -0.2) is 9.13 Å². The predicted molar refractivity (Wildman–Crippen MR) is 217 cm³/mol. The predicted octanol–water partition coefficient (Wildman–Crippen LogP) is 13.2. The molecule has 0 saturated heterocycles. The second-order valence-electron chi connectivity index (χ2n) is 13.8. The van der Waals surface area contributed by atoms with E-state index in [9.17, 15) is 0 Å². The van der Waals surface area contributed by atoms with Gasteiger partial charge in [0.05, 0.1) is 22.1 Å². The Labute approximate surface area is 297 Å². The Hall–Kier alpha value is -6.38. The van der Waals surface area contributed by atoms with Gasteiger partial charge in [0.25, 0.3) is 0 Å². The lowest BCUT2D eigenvalue weighted by molar-refractivity contribution is 0.750. The first-order valence-corrected chi connectivity index (χ1v) is 17.9. The molecule has 0 saturated carbocycles. The SMILES string of the molecule is CC1CC(n2c3ccccc3c3cc(-c4ccc5c6ccccc6n(-c6ccc(-c7ccccc7)cc6)c5c4)ccc32)=CC=C1c1ccccc1. The Balaban J connectivity index is 1.10. The van der Waals surface area contributed by atoms with E-state index >= 15 is 0 Å². The minimum absolute atomic E-state index is 0.427. The van der Waals surface area contributed by atoms with Crippen LogP contribution in [0.4, 0.5) is 0 Å².